The summed E-state index contributed by atoms with van der Waals surface area (Å²) in [5, 5.41) is 11.2. The van der Waals surface area contributed by atoms with E-state index in [1.165, 1.54) is 5.56 Å². The van der Waals surface area contributed by atoms with Gasteiger partial charge in [-0.2, -0.15) is 0 Å². The molecule has 1 aromatic carbocycles. The highest BCUT2D eigenvalue weighted by atomic mass is 16.5. The lowest BCUT2D eigenvalue weighted by Gasteiger charge is -2.51. The quantitative estimate of drug-likeness (QED) is 0.822. The Morgan fingerprint density at radius 1 is 1.07 bits per heavy atom. The number of nitrogens with zero attached hydrogens (tertiary/aromatic N) is 3. The Labute approximate surface area is 164 Å². The number of β-amino-alcohol motifs (C(OH)–C–C–N with tert-alkyl or cyclic N) is 1. The van der Waals surface area contributed by atoms with Crippen LogP contribution in [0.25, 0.3) is 0 Å². The molecule has 0 spiro atoms. The summed E-state index contributed by atoms with van der Waals surface area (Å²) in [6.45, 7) is 12.3. The molecule has 3 rings (SSSR count). The highest BCUT2D eigenvalue weighted by Crippen LogP contribution is 2.38. The largest absolute Gasteiger partial charge is 0.389 e. The summed E-state index contributed by atoms with van der Waals surface area (Å²) >= 11 is 0. The van der Waals surface area contributed by atoms with Gasteiger partial charge in [0.1, 0.15) is 0 Å². The zero-order valence-corrected chi connectivity index (χ0v) is 17.5. The first kappa shape index (κ1) is 20.7. The molecule has 0 saturated carbocycles. The Balaban J connectivity index is 1.65. The van der Waals surface area contributed by atoms with E-state index in [4.69, 9.17) is 4.74 Å². The molecule has 1 aromatic rings. The smallest absolute Gasteiger partial charge is 0.0892 e. The molecule has 5 nitrogen and oxygen atoms in total. The second-order valence-corrected chi connectivity index (χ2v) is 9.24. The number of hydrogen-bond acceptors (Lipinski definition) is 5. The summed E-state index contributed by atoms with van der Waals surface area (Å²) in [5.74, 6) is 0. The molecule has 2 aliphatic rings. The molecule has 2 heterocycles. The molecule has 2 atom stereocenters. The van der Waals surface area contributed by atoms with E-state index in [0.29, 0.717) is 0 Å². The average Bonchev–Trinajstić information content (AvgIpc) is 2.62. The first-order valence-electron chi connectivity index (χ1n) is 10.3. The topological polar surface area (TPSA) is 39.2 Å². The van der Waals surface area contributed by atoms with Crippen LogP contribution in [0.1, 0.15) is 25.8 Å². The van der Waals surface area contributed by atoms with Crippen LogP contribution in [0, 0.1) is 5.41 Å². The van der Waals surface area contributed by atoms with Gasteiger partial charge in [-0.05, 0) is 31.5 Å². The molecule has 0 bridgehead atoms. The standard InChI is InChI=1S/C22H37N3O2/c1-21(2,17-24-12-14-27-15-13-24)18-25-11-10-22(23(3)4,20(26)16-25)19-8-6-5-7-9-19/h5-9,20,26H,10-18H2,1-4H3/t20-,22+/m1/s1. The number of piperidine rings is 1. The van der Waals surface area contributed by atoms with Crippen LogP contribution >= 0.6 is 0 Å². The zero-order chi connectivity index (χ0) is 19.5. The summed E-state index contributed by atoms with van der Waals surface area (Å²) in [6.07, 6.45) is 0.543. The zero-order valence-electron chi connectivity index (χ0n) is 17.5. The van der Waals surface area contributed by atoms with Gasteiger partial charge in [0.05, 0.1) is 24.9 Å². The second-order valence-electron chi connectivity index (χ2n) is 9.24. The van der Waals surface area contributed by atoms with E-state index >= 15 is 0 Å². The number of aliphatic hydroxyl groups excluding tert-OH is 1. The fourth-order valence-corrected chi connectivity index (χ4v) is 4.99. The van der Waals surface area contributed by atoms with Crippen molar-refractivity contribution in [3.63, 3.8) is 0 Å². The molecule has 5 heteroatoms. The molecular weight excluding hydrogens is 338 g/mol. The maximum absolute atomic E-state index is 11.2. The monoisotopic (exact) mass is 375 g/mol. The van der Waals surface area contributed by atoms with Crippen molar-refractivity contribution in [2.24, 2.45) is 5.41 Å². The third kappa shape index (κ3) is 4.72. The predicted molar refractivity (Wildman–Crippen MR) is 110 cm³/mol. The van der Waals surface area contributed by atoms with Gasteiger partial charge in [0, 0.05) is 39.3 Å². The number of rotatable bonds is 6. The van der Waals surface area contributed by atoms with Crippen LogP contribution in [0.4, 0.5) is 0 Å². The minimum absolute atomic E-state index is 0.196. The molecule has 0 amide bonds. The Morgan fingerprint density at radius 2 is 1.70 bits per heavy atom. The molecule has 2 saturated heterocycles. The Bertz CT molecular complexity index is 586. The summed E-state index contributed by atoms with van der Waals surface area (Å²) in [5.41, 5.74) is 1.11. The third-order valence-electron chi connectivity index (χ3n) is 6.27. The molecule has 0 radical (unpaired) electrons. The van der Waals surface area contributed by atoms with Gasteiger partial charge in [0.15, 0.2) is 0 Å². The van der Waals surface area contributed by atoms with Gasteiger partial charge in [-0.15, -0.1) is 0 Å². The molecule has 152 valence electrons. The van der Waals surface area contributed by atoms with E-state index in [2.05, 4.69) is 66.9 Å². The van der Waals surface area contributed by atoms with Crippen LogP contribution in [0.5, 0.6) is 0 Å². The molecule has 1 N–H and O–H groups in total. The van der Waals surface area contributed by atoms with E-state index in [-0.39, 0.29) is 11.0 Å². The highest BCUT2D eigenvalue weighted by Gasteiger charge is 2.46. The Hall–Kier alpha value is -0.980. The van der Waals surface area contributed by atoms with Gasteiger partial charge in [-0.25, -0.2) is 0 Å². The van der Waals surface area contributed by atoms with Crippen LogP contribution in [0.15, 0.2) is 30.3 Å². The van der Waals surface area contributed by atoms with E-state index in [1.54, 1.807) is 0 Å². The molecule has 27 heavy (non-hydrogen) atoms. The van der Waals surface area contributed by atoms with E-state index < -0.39 is 6.10 Å². The van der Waals surface area contributed by atoms with Gasteiger partial charge in [-0.3, -0.25) is 9.80 Å². The second kappa shape index (κ2) is 8.58. The highest BCUT2D eigenvalue weighted by molar-refractivity contribution is 5.27. The van der Waals surface area contributed by atoms with Crippen molar-refractivity contribution in [2.45, 2.75) is 31.9 Å². The summed E-state index contributed by atoms with van der Waals surface area (Å²) < 4.78 is 5.48. The molecule has 0 aliphatic carbocycles. The Kier molecular flexibility index (Phi) is 6.59. The van der Waals surface area contributed by atoms with Gasteiger partial charge < -0.3 is 14.7 Å². The van der Waals surface area contributed by atoms with Gasteiger partial charge in [0.25, 0.3) is 0 Å². The van der Waals surface area contributed by atoms with Gasteiger partial charge in [-0.1, -0.05) is 44.2 Å². The van der Waals surface area contributed by atoms with Crippen molar-refractivity contribution in [1.29, 1.82) is 0 Å². The Morgan fingerprint density at radius 3 is 2.30 bits per heavy atom. The van der Waals surface area contributed by atoms with Crippen LogP contribution in [0.3, 0.4) is 0 Å². The lowest BCUT2D eigenvalue weighted by atomic mass is 9.77. The number of benzene rings is 1. The van der Waals surface area contributed by atoms with E-state index in [9.17, 15) is 5.11 Å². The molecule has 0 aromatic heterocycles. The predicted octanol–water partition coefficient (Wildman–Crippen LogP) is 1.87. The number of morpholine rings is 1. The number of ether oxygens (including phenoxy) is 1. The fraction of sp³-hybridized carbons (Fsp3) is 0.727. The lowest BCUT2D eigenvalue weighted by molar-refractivity contribution is -0.0766. The molecular formula is C22H37N3O2. The van der Waals surface area contributed by atoms with Crippen molar-refractivity contribution >= 4 is 0 Å². The van der Waals surface area contributed by atoms with Crippen molar-refractivity contribution in [2.75, 3.05) is 66.6 Å². The lowest BCUT2D eigenvalue weighted by Crippen LogP contribution is -2.61. The first-order chi connectivity index (χ1) is 12.8. The number of hydrogen-bond donors (Lipinski definition) is 1. The SMILES string of the molecule is CN(C)[C@]1(c2ccccc2)CCN(CC(C)(C)CN2CCOCC2)C[C@H]1O. The average molecular weight is 376 g/mol. The van der Waals surface area contributed by atoms with E-state index in [1.807, 2.05) is 6.07 Å². The number of likely N-dealkylation sites (tertiary alicyclic amines) is 1. The van der Waals surface area contributed by atoms with Crippen molar-refractivity contribution < 1.29 is 9.84 Å². The maximum Gasteiger partial charge on any atom is 0.0892 e. The minimum Gasteiger partial charge on any atom is -0.389 e. The number of aliphatic hydroxyl groups is 1. The van der Waals surface area contributed by atoms with Crippen LogP contribution < -0.4 is 0 Å². The summed E-state index contributed by atoms with van der Waals surface area (Å²) in [4.78, 5) is 7.18. The van der Waals surface area contributed by atoms with Crippen LogP contribution in [-0.4, -0.2) is 92.5 Å². The van der Waals surface area contributed by atoms with Crippen molar-refractivity contribution in [3.8, 4) is 0 Å². The minimum atomic E-state index is -0.400. The van der Waals surface area contributed by atoms with Crippen LogP contribution in [-0.2, 0) is 10.3 Å². The van der Waals surface area contributed by atoms with Gasteiger partial charge >= 0.3 is 0 Å². The van der Waals surface area contributed by atoms with Crippen LogP contribution in [0.2, 0.25) is 0 Å². The van der Waals surface area contributed by atoms with Gasteiger partial charge in [0.2, 0.25) is 0 Å². The summed E-state index contributed by atoms with van der Waals surface area (Å²) in [7, 11) is 4.18. The summed E-state index contributed by atoms with van der Waals surface area (Å²) in [6, 6.07) is 10.5. The molecule has 2 aliphatic heterocycles. The van der Waals surface area contributed by atoms with Crippen molar-refractivity contribution in [1.82, 2.24) is 14.7 Å². The van der Waals surface area contributed by atoms with E-state index in [0.717, 1.165) is 58.9 Å². The third-order valence-corrected chi connectivity index (χ3v) is 6.27. The maximum atomic E-state index is 11.2. The molecule has 0 unspecified atom stereocenters. The first-order valence-corrected chi connectivity index (χ1v) is 10.3. The number of likely N-dealkylation sites (N-methyl/N-ethyl adjacent to an activating group) is 1. The fourth-order valence-electron chi connectivity index (χ4n) is 4.99. The molecule has 2 fully saturated rings. The normalized spacial score (nSPS) is 28.6. The van der Waals surface area contributed by atoms with Crippen molar-refractivity contribution in [3.05, 3.63) is 35.9 Å².